The van der Waals surface area contributed by atoms with Crippen molar-refractivity contribution in [3.05, 3.63) is 65.1 Å². The van der Waals surface area contributed by atoms with E-state index in [2.05, 4.69) is 26.7 Å². The number of nitrogens with zero attached hydrogens (tertiary/aromatic N) is 5. The van der Waals surface area contributed by atoms with Gasteiger partial charge in [0, 0.05) is 36.5 Å². The second kappa shape index (κ2) is 9.85. The summed E-state index contributed by atoms with van der Waals surface area (Å²) in [6, 6.07) is 9.91. The van der Waals surface area contributed by atoms with Crippen LogP contribution in [0.5, 0.6) is 11.6 Å². The number of benzene rings is 1. The first-order valence-corrected chi connectivity index (χ1v) is 11.7. The number of anilines is 1. The first-order chi connectivity index (χ1) is 17.4. The Labute approximate surface area is 212 Å². The number of nitrogen functional groups attached to an aromatic ring is 1. The van der Waals surface area contributed by atoms with E-state index in [4.69, 9.17) is 27.1 Å². The molecule has 3 N–H and O–H groups in total. The van der Waals surface area contributed by atoms with Crippen molar-refractivity contribution in [2.75, 3.05) is 25.4 Å². The highest BCUT2D eigenvalue weighted by Gasteiger charge is 2.28. The van der Waals surface area contributed by atoms with Gasteiger partial charge in [0.1, 0.15) is 11.6 Å². The lowest BCUT2D eigenvalue weighted by Gasteiger charge is -2.11. The second-order valence-electron chi connectivity index (χ2n) is 8.43. The molecule has 0 bridgehead atoms. The summed E-state index contributed by atoms with van der Waals surface area (Å²) in [6.45, 7) is 4.43. The predicted molar refractivity (Wildman–Crippen MR) is 136 cm³/mol. The van der Waals surface area contributed by atoms with Crippen LogP contribution in [0.15, 0.2) is 48.8 Å². The first kappa shape index (κ1) is 23.6. The molecule has 1 atom stereocenters. The number of fused-ring (bicyclic) bond motifs is 1. The number of nitrogens with two attached hydrogens (primary N) is 1. The van der Waals surface area contributed by atoms with Crippen LogP contribution in [0.25, 0.3) is 16.9 Å². The second-order valence-corrected chi connectivity index (χ2v) is 8.83. The highest BCUT2D eigenvalue weighted by molar-refractivity contribution is 6.32. The van der Waals surface area contributed by atoms with E-state index in [0.717, 1.165) is 42.8 Å². The van der Waals surface area contributed by atoms with Crippen molar-refractivity contribution in [1.29, 1.82) is 0 Å². The smallest absolute Gasteiger partial charge is 0.335 e. The van der Waals surface area contributed by atoms with Gasteiger partial charge in [-0.1, -0.05) is 17.5 Å². The summed E-state index contributed by atoms with van der Waals surface area (Å²) in [4.78, 5) is 26.9. The molecule has 36 heavy (non-hydrogen) atoms. The Balaban J connectivity index is 1.48. The number of pyridine rings is 1. The van der Waals surface area contributed by atoms with Gasteiger partial charge in [-0.3, -0.25) is 9.30 Å². The van der Waals surface area contributed by atoms with E-state index >= 15 is 0 Å². The van der Waals surface area contributed by atoms with Crippen LogP contribution in [0, 0.1) is 11.8 Å². The number of hydrogen-bond acceptors (Lipinski definition) is 7. The number of aromatic carboxylic acids is 1. The summed E-state index contributed by atoms with van der Waals surface area (Å²) in [7, 11) is 0. The molecule has 0 amide bonds. The number of carboxylic acids is 1. The maximum atomic E-state index is 11.2. The van der Waals surface area contributed by atoms with Crippen LogP contribution in [-0.2, 0) is 0 Å². The van der Waals surface area contributed by atoms with E-state index in [1.807, 2.05) is 23.5 Å². The van der Waals surface area contributed by atoms with Crippen LogP contribution < -0.4 is 10.5 Å². The van der Waals surface area contributed by atoms with Crippen molar-refractivity contribution in [1.82, 2.24) is 24.3 Å². The average molecular weight is 503 g/mol. The molecule has 0 spiro atoms. The van der Waals surface area contributed by atoms with E-state index < -0.39 is 5.97 Å². The molecule has 182 valence electrons. The molecule has 9 nitrogen and oxygen atoms in total. The third-order valence-corrected chi connectivity index (χ3v) is 6.43. The lowest BCUT2D eigenvalue weighted by atomic mass is 10.0. The van der Waals surface area contributed by atoms with Crippen LogP contribution in [0.4, 0.5) is 5.95 Å². The SMILES string of the molecule is CC#CCN1CCC(c2nc(-c3ccc(Oc4cc(C(=O)O)ccn4)c(Cl)c3)n3c(N)nccc23)C1. The molecule has 0 saturated carbocycles. The van der Waals surface area contributed by atoms with Crippen molar-refractivity contribution >= 4 is 29.0 Å². The van der Waals surface area contributed by atoms with E-state index in [1.165, 1.54) is 18.3 Å². The van der Waals surface area contributed by atoms with Crippen LogP contribution in [-0.4, -0.2) is 55.0 Å². The number of hydrogen-bond donors (Lipinski definition) is 2. The van der Waals surface area contributed by atoms with Gasteiger partial charge < -0.3 is 15.6 Å². The third-order valence-electron chi connectivity index (χ3n) is 6.13. The molecule has 4 aromatic rings. The van der Waals surface area contributed by atoms with Gasteiger partial charge in [0.25, 0.3) is 0 Å². The fraction of sp³-hybridized carbons (Fsp3) is 0.231. The normalized spacial score (nSPS) is 15.6. The van der Waals surface area contributed by atoms with Gasteiger partial charge in [0.15, 0.2) is 0 Å². The summed E-state index contributed by atoms with van der Waals surface area (Å²) in [5.41, 5.74) is 8.97. The quantitative estimate of drug-likeness (QED) is 0.374. The number of imidazole rings is 1. The number of likely N-dealkylation sites (tertiary alicyclic amines) is 1. The third kappa shape index (κ3) is 4.56. The van der Waals surface area contributed by atoms with E-state index in [9.17, 15) is 9.90 Å². The van der Waals surface area contributed by atoms with Crippen LogP contribution >= 0.6 is 11.6 Å². The molecule has 4 heterocycles. The number of rotatable bonds is 6. The van der Waals surface area contributed by atoms with Crippen LogP contribution in [0.1, 0.15) is 35.3 Å². The fourth-order valence-electron chi connectivity index (χ4n) is 4.40. The lowest BCUT2D eigenvalue weighted by Crippen LogP contribution is -2.20. The molecule has 5 rings (SSSR count). The zero-order valence-electron chi connectivity index (χ0n) is 19.5. The summed E-state index contributed by atoms with van der Waals surface area (Å²) in [5.74, 6) is 6.71. The zero-order chi connectivity index (χ0) is 25.2. The largest absolute Gasteiger partial charge is 0.478 e. The van der Waals surface area contributed by atoms with Crippen LogP contribution in [0.3, 0.4) is 0 Å². The first-order valence-electron chi connectivity index (χ1n) is 11.4. The van der Waals surface area contributed by atoms with Gasteiger partial charge in [0.05, 0.1) is 28.3 Å². The Kier molecular flexibility index (Phi) is 6.46. The molecule has 1 unspecified atom stereocenters. The van der Waals surface area contributed by atoms with Gasteiger partial charge in [-0.05, 0) is 50.2 Å². The van der Waals surface area contributed by atoms with E-state index in [0.29, 0.717) is 22.5 Å². The van der Waals surface area contributed by atoms with E-state index in [-0.39, 0.29) is 17.4 Å². The molecule has 3 aromatic heterocycles. The number of carboxylic acid groups (broad SMARTS) is 1. The summed E-state index contributed by atoms with van der Waals surface area (Å²) >= 11 is 6.55. The fourth-order valence-corrected chi connectivity index (χ4v) is 4.62. The van der Waals surface area contributed by atoms with Gasteiger partial charge >= 0.3 is 5.97 Å². The Morgan fingerprint density at radius 1 is 1.25 bits per heavy atom. The Hall–Kier alpha value is -4.13. The summed E-state index contributed by atoms with van der Waals surface area (Å²) in [6.07, 6.45) is 4.04. The van der Waals surface area contributed by atoms with Gasteiger partial charge in [-0.25, -0.2) is 19.7 Å². The maximum absolute atomic E-state index is 11.2. The molecule has 1 aliphatic heterocycles. The molecule has 10 heteroatoms. The monoisotopic (exact) mass is 502 g/mol. The molecule has 1 saturated heterocycles. The van der Waals surface area contributed by atoms with Gasteiger partial charge in [0.2, 0.25) is 11.8 Å². The topological polar surface area (TPSA) is 119 Å². The van der Waals surface area contributed by atoms with Crippen LogP contribution in [0.2, 0.25) is 5.02 Å². The van der Waals surface area contributed by atoms with E-state index in [1.54, 1.807) is 18.3 Å². The molecule has 0 aliphatic carbocycles. The lowest BCUT2D eigenvalue weighted by molar-refractivity contribution is 0.0696. The summed E-state index contributed by atoms with van der Waals surface area (Å²) < 4.78 is 7.59. The number of carbonyl (C=O) groups is 1. The molecular formula is C26H23ClN6O3. The average Bonchev–Trinajstić information content (AvgIpc) is 3.50. The predicted octanol–water partition coefficient (Wildman–Crippen LogP) is 4.33. The van der Waals surface area contributed by atoms with Crippen molar-refractivity contribution in [2.45, 2.75) is 19.3 Å². The van der Waals surface area contributed by atoms with Crippen molar-refractivity contribution in [2.24, 2.45) is 0 Å². The number of halogens is 1. The standard InChI is InChI=1S/C26H23ClN6O3/c1-2-3-11-32-12-8-18(15-32)23-20-7-10-30-26(28)33(20)24(31-23)16-4-5-21(19(27)13-16)36-22-14-17(25(34)35)6-9-29-22/h4-7,9-10,13-14,18H,8,11-12,15H2,1H3,(H2,28,30)(H,34,35). The highest BCUT2D eigenvalue weighted by Crippen LogP contribution is 2.36. The molecule has 1 aromatic carbocycles. The molecule has 1 aliphatic rings. The highest BCUT2D eigenvalue weighted by atomic mass is 35.5. The van der Waals surface area contributed by atoms with Crippen molar-refractivity contribution < 1.29 is 14.6 Å². The molecular weight excluding hydrogens is 480 g/mol. The minimum absolute atomic E-state index is 0.0688. The number of ether oxygens (including phenoxy) is 1. The molecule has 1 fully saturated rings. The molecule has 0 radical (unpaired) electrons. The van der Waals surface area contributed by atoms with Gasteiger partial charge in [-0.15, -0.1) is 5.92 Å². The number of aromatic nitrogens is 4. The summed E-state index contributed by atoms with van der Waals surface area (Å²) in [5, 5.41) is 9.51. The van der Waals surface area contributed by atoms with Crippen molar-refractivity contribution in [3.63, 3.8) is 0 Å². The minimum Gasteiger partial charge on any atom is -0.478 e. The van der Waals surface area contributed by atoms with Crippen molar-refractivity contribution in [3.8, 4) is 34.9 Å². The Morgan fingerprint density at radius 2 is 2.08 bits per heavy atom. The zero-order valence-corrected chi connectivity index (χ0v) is 20.2. The minimum atomic E-state index is -1.07. The Morgan fingerprint density at radius 3 is 2.86 bits per heavy atom. The Bertz CT molecular complexity index is 1520. The maximum Gasteiger partial charge on any atom is 0.335 e. The van der Waals surface area contributed by atoms with Gasteiger partial charge in [-0.2, -0.15) is 0 Å².